The average molecular weight is 291 g/mol. The lowest BCUT2D eigenvalue weighted by Crippen LogP contribution is -2.39. The molecule has 0 radical (unpaired) electrons. The van der Waals surface area contributed by atoms with E-state index in [9.17, 15) is 14.4 Å². The van der Waals surface area contributed by atoms with Crippen LogP contribution in [0.3, 0.4) is 0 Å². The molecule has 0 saturated carbocycles. The van der Waals surface area contributed by atoms with Crippen LogP contribution in [0, 0.1) is 0 Å². The second kappa shape index (κ2) is 6.39. The van der Waals surface area contributed by atoms with Gasteiger partial charge in [-0.25, -0.2) is 9.59 Å². The molecule has 0 bridgehead atoms. The fourth-order valence-corrected chi connectivity index (χ4v) is 2.45. The molecule has 1 aromatic carbocycles. The van der Waals surface area contributed by atoms with Crippen LogP contribution in [0.15, 0.2) is 24.3 Å². The van der Waals surface area contributed by atoms with Gasteiger partial charge in [-0.05, 0) is 30.5 Å². The van der Waals surface area contributed by atoms with E-state index >= 15 is 0 Å². The molecule has 6 heteroatoms. The molecular formula is C15H17NO5. The number of carbonyl (C=O) groups is 3. The summed E-state index contributed by atoms with van der Waals surface area (Å²) in [5, 5.41) is 9.08. The van der Waals surface area contributed by atoms with Crippen LogP contribution in [-0.2, 0) is 20.7 Å². The first-order valence-corrected chi connectivity index (χ1v) is 6.72. The third kappa shape index (κ3) is 3.39. The Bertz CT molecular complexity index is 552. The van der Waals surface area contributed by atoms with Crippen molar-refractivity contribution in [3.63, 3.8) is 0 Å². The number of hydrogen-bond donors (Lipinski definition) is 1. The third-order valence-electron chi connectivity index (χ3n) is 3.63. The summed E-state index contributed by atoms with van der Waals surface area (Å²) in [5.41, 5.74) is 1.40. The molecule has 112 valence electrons. The van der Waals surface area contributed by atoms with Gasteiger partial charge in [0.15, 0.2) is 0 Å². The Hall–Kier alpha value is -2.37. The van der Waals surface area contributed by atoms with Crippen LogP contribution in [0.2, 0.25) is 0 Å². The number of rotatable bonds is 5. The monoisotopic (exact) mass is 291 g/mol. The summed E-state index contributed by atoms with van der Waals surface area (Å²) in [5.74, 6) is -1.47. The van der Waals surface area contributed by atoms with Crippen LogP contribution in [0.4, 0.5) is 0 Å². The topological polar surface area (TPSA) is 83.9 Å². The van der Waals surface area contributed by atoms with Crippen LogP contribution in [-0.4, -0.2) is 47.5 Å². The first-order chi connectivity index (χ1) is 10.0. The van der Waals surface area contributed by atoms with Crippen molar-refractivity contribution in [2.45, 2.75) is 25.3 Å². The fourth-order valence-electron chi connectivity index (χ4n) is 2.45. The molecular weight excluding hydrogens is 274 g/mol. The standard InChI is InChI=1S/C15H17NO5/c1-21-15(20)11-4-2-10(3-5-11)8-9-16-12(14(18)19)6-7-13(16)17/h2-5,12H,6-9H2,1H3,(H,18,19)/t12-/m0/s1. The van der Waals surface area contributed by atoms with Gasteiger partial charge in [-0.3, -0.25) is 4.79 Å². The maximum Gasteiger partial charge on any atom is 0.337 e. The summed E-state index contributed by atoms with van der Waals surface area (Å²) in [6.45, 7) is 0.368. The molecule has 1 N–H and O–H groups in total. The Morgan fingerprint density at radius 2 is 2.00 bits per heavy atom. The average Bonchev–Trinajstić information content (AvgIpc) is 2.86. The number of benzene rings is 1. The molecule has 21 heavy (non-hydrogen) atoms. The van der Waals surface area contributed by atoms with Crippen LogP contribution in [0.1, 0.15) is 28.8 Å². The fraction of sp³-hybridized carbons (Fsp3) is 0.400. The van der Waals surface area contributed by atoms with Crippen LogP contribution >= 0.6 is 0 Å². The number of esters is 1. The zero-order valence-corrected chi connectivity index (χ0v) is 11.7. The van der Waals surface area contributed by atoms with Gasteiger partial charge in [-0.15, -0.1) is 0 Å². The van der Waals surface area contributed by atoms with Crippen LogP contribution < -0.4 is 0 Å². The number of nitrogens with zero attached hydrogens (tertiary/aromatic N) is 1. The Labute approximate surface area is 122 Å². The Morgan fingerprint density at radius 1 is 1.33 bits per heavy atom. The first-order valence-electron chi connectivity index (χ1n) is 6.72. The number of methoxy groups -OCH3 is 1. The van der Waals surface area contributed by atoms with Gasteiger partial charge < -0.3 is 14.7 Å². The minimum atomic E-state index is -0.957. The van der Waals surface area contributed by atoms with Crippen LogP contribution in [0.25, 0.3) is 0 Å². The predicted molar refractivity (Wildman–Crippen MR) is 73.9 cm³/mol. The highest BCUT2D eigenvalue weighted by atomic mass is 16.5. The number of carboxylic acid groups (broad SMARTS) is 1. The number of hydrogen-bond acceptors (Lipinski definition) is 4. The molecule has 1 aliphatic heterocycles. The van der Waals surface area contributed by atoms with E-state index in [1.54, 1.807) is 24.3 Å². The zero-order chi connectivity index (χ0) is 15.4. The van der Waals surface area contributed by atoms with E-state index in [0.717, 1.165) is 5.56 Å². The van der Waals surface area contributed by atoms with Crippen molar-refractivity contribution < 1.29 is 24.2 Å². The molecule has 0 aromatic heterocycles. The Kier molecular flexibility index (Phi) is 4.57. The van der Waals surface area contributed by atoms with Crippen molar-refractivity contribution in [3.05, 3.63) is 35.4 Å². The summed E-state index contributed by atoms with van der Waals surface area (Å²) < 4.78 is 4.61. The van der Waals surface area contributed by atoms with Gasteiger partial charge in [0.2, 0.25) is 5.91 Å². The smallest absolute Gasteiger partial charge is 0.337 e. The first kappa shape index (κ1) is 15.0. The number of carboxylic acids is 1. The molecule has 0 aliphatic carbocycles. The highest BCUT2D eigenvalue weighted by Gasteiger charge is 2.35. The second-order valence-corrected chi connectivity index (χ2v) is 4.92. The van der Waals surface area contributed by atoms with Crippen molar-refractivity contribution in [2.75, 3.05) is 13.7 Å². The summed E-state index contributed by atoms with van der Waals surface area (Å²) in [6, 6.07) is 6.15. The molecule has 6 nitrogen and oxygen atoms in total. The van der Waals surface area contributed by atoms with Gasteiger partial charge in [0, 0.05) is 13.0 Å². The van der Waals surface area contributed by atoms with Crippen molar-refractivity contribution in [1.29, 1.82) is 0 Å². The molecule has 2 rings (SSSR count). The molecule has 1 heterocycles. The van der Waals surface area contributed by atoms with Gasteiger partial charge in [-0.2, -0.15) is 0 Å². The highest BCUT2D eigenvalue weighted by molar-refractivity contribution is 5.89. The largest absolute Gasteiger partial charge is 0.480 e. The molecule has 0 spiro atoms. The highest BCUT2D eigenvalue weighted by Crippen LogP contribution is 2.19. The van der Waals surface area contributed by atoms with Crippen molar-refractivity contribution in [1.82, 2.24) is 4.90 Å². The molecule has 1 atom stereocenters. The van der Waals surface area contributed by atoms with Crippen LogP contribution in [0.5, 0.6) is 0 Å². The molecule has 0 unspecified atom stereocenters. The van der Waals surface area contributed by atoms with Crippen molar-refractivity contribution >= 4 is 17.8 Å². The number of ether oxygens (including phenoxy) is 1. The summed E-state index contributed by atoms with van der Waals surface area (Å²) in [6.07, 6.45) is 1.21. The van der Waals surface area contributed by atoms with E-state index in [0.29, 0.717) is 24.9 Å². The van der Waals surface area contributed by atoms with Gasteiger partial charge in [0.05, 0.1) is 12.7 Å². The van der Waals surface area contributed by atoms with E-state index in [1.165, 1.54) is 12.0 Å². The van der Waals surface area contributed by atoms with Gasteiger partial charge >= 0.3 is 11.9 Å². The summed E-state index contributed by atoms with van der Waals surface area (Å²) >= 11 is 0. The lowest BCUT2D eigenvalue weighted by Gasteiger charge is -2.21. The molecule has 1 fully saturated rings. The summed E-state index contributed by atoms with van der Waals surface area (Å²) in [4.78, 5) is 35.5. The van der Waals surface area contributed by atoms with E-state index in [2.05, 4.69) is 4.74 Å². The molecule has 1 saturated heterocycles. The van der Waals surface area contributed by atoms with E-state index in [1.807, 2.05) is 0 Å². The van der Waals surface area contributed by atoms with Gasteiger partial charge in [0.25, 0.3) is 0 Å². The lowest BCUT2D eigenvalue weighted by molar-refractivity contribution is -0.146. The zero-order valence-electron chi connectivity index (χ0n) is 11.7. The minimum absolute atomic E-state index is 0.117. The van der Waals surface area contributed by atoms with Crippen molar-refractivity contribution in [3.8, 4) is 0 Å². The maximum absolute atomic E-state index is 11.7. The Morgan fingerprint density at radius 3 is 2.57 bits per heavy atom. The Balaban J connectivity index is 1.97. The van der Waals surface area contributed by atoms with E-state index in [-0.39, 0.29) is 12.3 Å². The molecule has 1 aliphatic rings. The van der Waals surface area contributed by atoms with E-state index < -0.39 is 18.0 Å². The predicted octanol–water partition coefficient (Wildman–Crippen LogP) is 1.09. The van der Waals surface area contributed by atoms with Gasteiger partial charge in [0.1, 0.15) is 6.04 Å². The normalized spacial score (nSPS) is 17.9. The second-order valence-electron chi connectivity index (χ2n) is 4.92. The minimum Gasteiger partial charge on any atom is -0.480 e. The quantitative estimate of drug-likeness (QED) is 0.821. The van der Waals surface area contributed by atoms with Crippen molar-refractivity contribution in [2.24, 2.45) is 0 Å². The summed E-state index contributed by atoms with van der Waals surface area (Å²) in [7, 11) is 1.32. The third-order valence-corrected chi connectivity index (χ3v) is 3.63. The number of likely N-dealkylation sites (tertiary alicyclic amines) is 1. The molecule has 1 aromatic rings. The number of aliphatic carboxylic acids is 1. The maximum atomic E-state index is 11.7. The molecule has 1 amide bonds. The lowest BCUT2D eigenvalue weighted by atomic mass is 10.1. The number of carbonyl (C=O) groups excluding carboxylic acids is 2. The van der Waals surface area contributed by atoms with Gasteiger partial charge in [-0.1, -0.05) is 12.1 Å². The van der Waals surface area contributed by atoms with E-state index in [4.69, 9.17) is 5.11 Å². The number of amides is 1. The SMILES string of the molecule is COC(=O)c1ccc(CCN2C(=O)CC[C@H]2C(=O)O)cc1.